The molecule has 5 atom stereocenters. The van der Waals surface area contributed by atoms with E-state index in [1.165, 1.54) is 19.9 Å². The normalized spacial score (nSPS) is 26.1. The van der Waals surface area contributed by atoms with Crippen molar-refractivity contribution in [2.75, 3.05) is 0 Å². The molecule has 0 radical (unpaired) electrons. The third-order valence-corrected chi connectivity index (χ3v) is 6.01. The second-order valence-electron chi connectivity index (χ2n) is 8.11. The van der Waals surface area contributed by atoms with Crippen LogP contribution in [0.15, 0.2) is 29.3 Å². The minimum atomic E-state index is -4.41. The van der Waals surface area contributed by atoms with Crippen molar-refractivity contribution in [1.29, 1.82) is 0 Å². The first-order valence-corrected chi connectivity index (χ1v) is 9.99. The largest absolute Gasteiger partial charge is 0.403 e. The van der Waals surface area contributed by atoms with Gasteiger partial charge in [-0.25, -0.2) is 8.78 Å². The number of carbonyl (C=O) groups is 2. The molecule has 0 spiro atoms. The second kappa shape index (κ2) is 8.57. The van der Waals surface area contributed by atoms with Crippen molar-refractivity contribution in [2.24, 2.45) is 5.92 Å². The Bertz CT molecular complexity index is 915. The summed E-state index contributed by atoms with van der Waals surface area (Å²) in [4.78, 5) is 25.4. The van der Waals surface area contributed by atoms with Gasteiger partial charge in [-0.1, -0.05) is 6.07 Å². The molecular formula is C21H24F5N3O2. The van der Waals surface area contributed by atoms with Crippen LogP contribution in [-0.4, -0.2) is 36.1 Å². The zero-order valence-corrected chi connectivity index (χ0v) is 17.2. The lowest BCUT2D eigenvalue weighted by molar-refractivity contribution is -0.163. The van der Waals surface area contributed by atoms with Crippen molar-refractivity contribution in [2.45, 2.75) is 64.0 Å². The Hall–Kier alpha value is -2.49. The third-order valence-electron chi connectivity index (χ3n) is 6.01. The molecule has 2 aliphatic rings. The van der Waals surface area contributed by atoms with Crippen molar-refractivity contribution in [3.8, 4) is 0 Å². The van der Waals surface area contributed by atoms with E-state index >= 15 is 0 Å². The van der Waals surface area contributed by atoms with Crippen LogP contribution in [0.25, 0.3) is 0 Å². The molecule has 1 aromatic rings. The van der Waals surface area contributed by atoms with Crippen LogP contribution >= 0.6 is 0 Å². The summed E-state index contributed by atoms with van der Waals surface area (Å²) in [6.45, 7) is 4.52. The topological polar surface area (TPSA) is 70.2 Å². The Morgan fingerprint density at radius 2 is 1.87 bits per heavy atom. The summed E-state index contributed by atoms with van der Waals surface area (Å²) in [5.74, 6) is -3.66. The minimum Gasteiger partial charge on any atom is -0.349 e. The first-order valence-electron chi connectivity index (χ1n) is 9.99. The van der Waals surface area contributed by atoms with Gasteiger partial charge in [0.15, 0.2) is 0 Å². The molecule has 2 heterocycles. The van der Waals surface area contributed by atoms with Crippen LogP contribution in [0, 0.1) is 17.6 Å². The van der Waals surface area contributed by atoms with Crippen molar-refractivity contribution >= 4 is 11.8 Å². The van der Waals surface area contributed by atoms with Crippen molar-refractivity contribution < 1.29 is 31.5 Å². The Balaban J connectivity index is 1.79. The van der Waals surface area contributed by atoms with Gasteiger partial charge in [0.2, 0.25) is 11.8 Å². The average molecular weight is 445 g/mol. The van der Waals surface area contributed by atoms with Gasteiger partial charge in [-0.3, -0.25) is 14.9 Å². The summed E-state index contributed by atoms with van der Waals surface area (Å²) in [5, 5.41) is 7.84. The maximum atomic E-state index is 14.0. The number of alkyl halides is 3. The first-order chi connectivity index (χ1) is 14.4. The van der Waals surface area contributed by atoms with Crippen LogP contribution in [0.3, 0.4) is 0 Å². The lowest BCUT2D eigenvalue weighted by Gasteiger charge is -2.43. The molecule has 0 aliphatic carbocycles. The van der Waals surface area contributed by atoms with Gasteiger partial charge in [0.05, 0.1) is 12.0 Å². The second-order valence-corrected chi connectivity index (χ2v) is 8.11. The van der Waals surface area contributed by atoms with Crippen LogP contribution in [0.2, 0.25) is 0 Å². The van der Waals surface area contributed by atoms with Gasteiger partial charge >= 0.3 is 6.18 Å². The fourth-order valence-electron chi connectivity index (χ4n) is 4.30. The van der Waals surface area contributed by atoms with E-state index in [0.717, 1.165) is 6.07 Å². The molecule has 3 rings (SSSR count). The molecule has 10 heteroatoms. The molecule has 1 fully saturated rings. The number of nitrogens with one attached hydrogen (secondary N) is 3. The molecule has 170 valence electrons. The van der Waals surface area contributed by atoms with Crippen molar-refractivity contribution in [3.05, 3.63) is 46.5 Å². The molecule has 2 aliphatic heterocycles. The highest BCUT2D eigenvalue weighted by molar-refractivity contribution is 6.02. The molecule has 0 saturated carbocycles. The zero-order valence-electron chi connectivity index (χ0n) is 17.2. The molecule has 1 saturated heterocycles. The lowest BCUT2D eigenvalue weighted by atomic mass is 9.80. The van der Waals surface area contributed by atoms with Crippen LogP contribution in [-0.2, 0) is 9.59 Å². The highest BCUT2D eigenvalue weighted by atomic mass is 19.4. The Morgan fingerprint density at radius 3 is 2.48 bits per heavy atom. The number of carbonyl (C=O) groups excluding carboxylic acids is 2. The number of amides is 2. The third kappa shape index (κ3) is 4.73. The van der Waals surface area contributed by atoms with E-state index in [1.54, 1.807) is 6.92 Å². The summed E-state index contributed by atoms with van der Waals surface area (Å²) in [6.07, 6.45) is -4.39. The van der Waals surface area contributed by atoms with E-state index in [4.69, 9.17) is 0 Å². The lowest BCUT2D eigenvalue weighted by Crippen LogP contribution is -2.63. The summed E-state index contributed by atoms with van der Waals surface area (Å²) >= 11 is 0. The number of piperidine rings is 1. The standard InChI is InChI=1S/C21H24F5N3O2/c1-9-17(20(31)28-15-6-7-16(21(24,25)26)29-18(9)15)10(2)19(30)27-11(3)13-5-4-12(22)8-14(13)23/h4-5,8,10-11,15-16,18,29H,6-7H2,1-3H3,(H,27,30)(H,28,31)/t10-,11+,15?,16?,18?/m1/s1. The number of rotatable bonds is 4. The van der Waals surface area contributed by atoms with Crippen molar-refractivity contribution in [3.63, 3.8) is 0 Å². The van der Waals surface area contributed by atoms with Gasteiger partial charge in [0, 0.05) is 29.3 Å². The number of fused-ring (bicyclic) bond motifs is 1. The molecular weight excluding hydrogens is 421 g/mol. The monoisotopic (exact) mass is 445 g/mol. The average Bonchev–Trinajstić information content (AvgIpc) is 2.66. The van der Waals surface area contributed by atoms with Gasteiger partial charge in [0.1, 0.15) is 17.7 Å². The number of benzene rings is 1. The molecule has 0 bridgehead atoms. The van der Waals surface area contributed by atoms with E-state index in [-0.39, 0.29) is 24.0 Å². The molecule has 5 nitrogen and oxygen atoms in total. The number of hydrogen-bond donors (Lipinski definition) is 3. The smallest absolute Gasteiger partial charge is 0.349 e. The van der Waals surface area contributed by atoms with Crippen LogP contribution < -0.4 is 16.0 Å². The summed E-state index contributed by atoms with van der Waals surface area (Å²) in [6, 6.07) is -0.741. The summed E-state index contributed by atoms with van der Waals surface area (Å²) < 4.78 is 66.6. The van der Waals surface area contributed by atoms with Crippen molar-refractivity contribution in [1.82, 2.24) is 16.0 Å². The maximum Gasteiger partial charge on any atom is 0.403 e. The van der Waals surface area contributed by atoms with E-state index in [0.29, 0.717) is 11.6 Å². The van der Waals surface area contributed by atoms with Crippen LogP contribution in [0.4, 0.5) is 22.0 Å². The quantitative estimate of drug-likeness (QED) is 0.623. The Morgan fingerprint density at radius 1 is 1.19 bits per heavy atom. The SMILES string of the molecule is CC1=C([C@@H](C)C(=O)N[C@@H](C)c2ccc(F)cc2F)C(=O)NC2CCC(C(F)(F)F)NC12. The first kappa shape index (κ1) is 23.2. The minimum absolute atomic E-state index is 0.0720. The van der Waals surface area contributed by atoms with Gasteiger partial charge in [-0.15, -0.1) is 0 Å². The molecule has 1 aromatic carbocycles. The van der Waals surface area contributed by atoms with Gasteiger partial charge in [-0.05, 0) is 45.3 Å². The van der Waals surface area contributed by atoms with Gasteiger partial charge in [-0.2, -0.15) is 13.2 Å². The van der Waals surface area contributed by atoms with Gasteiger partial charge < -0.3 is 10.6 Å². The van der Waals surface area contributed by atoms with E-state index in [2.05, 4.69) is 16.0 Å². The maximum absolute atomic E-state index is 14.0. The Labute approximate surface area is 176 Å². The molecule has 0 aromatic heterocycles. The highest BCUT2D eigenvalue weighted by Gasteiger charge is 2.48. The molecule has 2 amide bonds. The number of hydrogen-bond acceptors (Lipinski definition) is 3. The summed E-state index contributed by atoms with van der Waals surface area (Å²) in [5.41, 5.74) is 0.537. The van der Waals surface area contributed by atoms with E-state index < -0.39 is 59.7 Å². The number of halogens is 5. The van der Waals surface area contributed by atoms with Gasteiger partial charge in [0.25, 0.3) is 0 Å². The fourth-order valence-corrected chi connectivity index (χ4v) is 4.30. The molecule has 3 N–H and O–H groups in total. The molecule has 31 heavy (non-hydrogen) atoms. The zero-order chi connectivity index (χ0) is 23.1. The summed E-state index contributed by atoms with van der Waals surface area (Å²) in [7, 11) is 0. The fraction of sp³-hybridized carbons (Fsp3) is 0.524. The predicted octanol–water partition coefficient (Wildman–Crippen LogP) is 3.28. The predicted molar refractivity (Wildman–Crippen MR) is 103 cm³/mol. The molecule has 3 unspecified atom stereocenters. The Kier molecular flexibility index (Phi) is 6.40. The van der Waals surface area contributed by atoms with E-state index in [9.17, 15) is 31.5 Å². The van der Waals surface area contributed by atoms with Crippen LogP contribution in [0.5, 0.6) is 0 Å². The van der Waals surface area contributed by atoms with Crippen LogP contribution in [0.1, 0.15) is 45.2 Å². The van der Waals surface area contributed by atoms with E-state index in [1.807, 2.05) is 0 Å². The highest BCUT2D eigenvalue weighted by Crippen LogP contribution is 2.34.